The first kappa shape index (κ1) is 23.4. The van der Waals surface area contributed by atoms with Gasteiger partial charge in [0.2, 0.25) is 5.88 Å². The van der Waals surface area contributed by atoms with E-state index in [1.807, 2.05) is 0 Å². The molecule has 1 aromatic carbocycles. The molecule has 0 amide bonds. The number of para-hydroxylation sites is 2. The molecule has 0 aliphatic rings. The minimum Gasteiger partial charge on any atom is -0.475 e. The Labute approximate surface area is 179 Å². The lowest BCUT2D eigenvalue weighted by atomic mass is 10.3. The number of hydrogen-bond donors (Lipinski definition) is 2. The molecule has 0 saturated carbocycles. The van der Waals surface area contributed by atoms with Crippen LogP contribution in [0.25, 0.3) is 0 Å². The first-order valence-electron chi connectivity index (χ1n) is 7.10. The van der Waals surface area contributed by atoms with Crippen LogP contribution in [0.15, 0.2) is 41.5 Å². The summed E-state index contributed by atoms with van der Waals surface area (Å²) < 4.78 is 46.3. The van der Waals surface area contributed by atoms with Crippen LogP contribution in [0.4, 0.5) is 18.9 Å². The second-order valence-electron chi connectivity index (χ2n) is 4.72. The topological polar surface area (TPSA) is 81.8 Å². The van der Waals surface area contributed by atoms with E-state index in [-0.39, 0.29) is 59.7 Å². The fourth-order valence-corrected chi connectivity index (χ4v) is 2.21. The van der Waals surface area contributed by atoms with Crippen molar-refractivity contribution in [3.63, 3.8) is 0 Å². The van der Waals surface area contributed by atoms with E-state index in [2.05, 4.69) is 20.0 Å². The Bertz CT molecular complexity index is 794. The molecule has 0 saturated heterocycles. The molecule has 148 valence electrons. The predicted octanol–water partition coefficient (Wildman–Crippen LogP) is 4.71. The number of nitrogens with zero attached hydrogens (tertiary/aromatic N) is 2. The number of guanidine groups is 1. The lowest BCUT2D eigenvalue weighted by molar-refractivity contribution is -0.274. The van der Waals surface area contributed by atoms with Crippen molar-refractivity contribution in [2.45, 2.75) is 6.36 Å². The smallest absolute Gasteiger partial charge is 0.475 e. The number of rotatable bonds is 6. The average molecular weight is 537 g/mol. The summed E-state index contributed by atoms with van der Waals surface area (Å²) in [6.45, 7) is 0.208. The van der Waals surface area contributed by atoms with Crippen molar-refractivity contribution in [1.29, 1.82) is 0 Å². The zero-order valence-corrected chi connectivity index (χ0v) is 17.3. The van der Waals surface area contributed by atoms with Gasteiger partial charge in [0, 0.05) is 6.20 Å². The second kappa shape index (κ2) is 10.6. The number of aliphatic imine (C=N–C) groups is 1. The Hall–Kier alpha value is -1.66. The predicted molar refractivity (Wildman–Crippen MR) is 108 cm³/mol. The molecule has 2 aromatic rings. The van der Waals surface area contributed by atoms with Crippen LogP contribution in [0.1, 0.15) is 0 Å². The largest absolute Gasteiger partial charge is 0.573 e. The van der Waals surface area contributed by atoms with E-state index in [0.717, 1.165) is 6.07 Å². The highest BCUT2D eigenvalue weighted by molar-refractivity contribution is 14.0. The summed E-state index contributed by atoms with van der Waals surface area (Å²) in [6, 6.07) is 6.92. The van der Waals surface area contributed by atoms with Crippen LogP contribution in [-0.2, 0) is 0 Å². The molecule has 1 heterocycles. The van der Waals surface area contributed by atoms with Gasteiger partial charge in [0.25, 0.3) is 0 Å². The van der Waals surface area contributed by atoms with E-state index >= 15 is 0 Å². The molecule has 0 spiro atoms. The van der Waals surface area contributed by atoms with Gasteiger partial charge in [-0.05, 0) is 18.2 Å². The molecule has 0 atom stereocenters. The van der Waals surface area contributed by atoms with Gasteiger partial charge in [-0.1, -0.05) is 35.3 Å². The standard InChI is InChI=1S/C15H13Cl2F3N4O2.HI/c16-9-7-10(17)13(23-8-9)25-6-5-22-14(21)24-11-3-1-2-4-12(11)26-15(18,19)20;/h1-4,7-8H,5-6H2,(H3,21,22,24);1H. The second-order valence-corrected chi connectivity index (χ2v) is 5.57. The Morgan fingerprint density at radius 3 is 2.63 bits per heavy atom. The molecule has 0 fully saturated rings. The van der Waals surface area contributed by atoms with Crippen molar-refractivity contribution in [3.05, 3.63) is 46.6 Å². The molecular formula is C15H14Cl2F3IN4O2. The van der Waals surface area contributed by atoms with E-state index in [1.165, 1.54) is 30.5 Å². The molecule has 27 heavy (non-hydrogen) atoms. The third kappa shape index (κ3) is 8.26. The molecule has 3 N–H and O–H groups in total. The van der Waals surface area contributed by atoms with Gasteiger partial charge in [-0.2, -0.15) is 0 Å². The van der Waals surface area contributed by atoms with E-state index in [0.29, 0.717) is 5.02 Å². The Kier molecular flexibility index (Phi) is 9.19. The summed E-state index contributed by atoms with van der Waals surface area (Å²) in [6.07, 6.45) is -3.44. The number of nitrogens with two attached hydrogens (primary N) is 1. The Morgan fingerprint density at radius 1 is 1.26 bits per heavy atom. The van der Waals surface area contributed by atoms with Crippen molar-refractivity contribution in [3.8, 4) is 11.6 Å². The summed E-state index contributed by atoms with van der Waals surface area (Å²) in [7, 11) is 0. The van der Waals surface area contributed by atoms with Crippen molar-refractivity contribution in [2.24, 2.45) is 10.7 Å². The van der Waals surface area contributed by atoms with E-state index in [1.54, 1.807) is 0 Å². The molecule has 0 aliphatic carbocycles. The number of nitrogens with one attached hydrogen (secondary N) is 1. The van der Waals surface area contributed by atoms with Crippen LogP contribution in [0, 0.1) is 0 Å². The van der Waals surface area contributed by atoms with E-state index in [9.17, 15) is 13.2 Å². The van der Waals surface area contributed by atoms with Crippen molar-refractivity contribution in [2.75, 3.05) is 18.5 Å². The summed E-state index contributed by atoms with van der Waals surface area (Å²) >= 11 is 11.6. The highest BCUT2D eigenvalue weighted by Gasteiger charge is 2.32. The van der Waals surface area contributed by atoms with Gasteiger partial charge >= 0.3 is 6.36 Å². The molecule has 0 unspecified atom stereocenters. The van der Waals surface area contributed by atoms with Crippen molar-refractivity contribution >= 4 is 58.8 Å². The third-order valence-electron chi connectivity index (χ3n) is 2.76. The first-order valence-corrected chi connectivity index (χ1v) is 7.86. The van der Waals surface area contributed by atoms with Gasteiger partial charge in [0.15, 0.2) is 11.7 Å². The third-order valence-corrected chi connectivity index (χ3v) is 3.24. The van der Waals surface area contributed by atoms with Gasteiger partial charge in [0.1, 0.15) is 11.6 Å². The Morgan fingerprint density at radius 2 is 1.96 bits per heavy atom. The zero-order chi connectivity index (χ0) is 19.2. The number of benzene rings is 1. The summed E-state index contributed by atoms with van der Waals surface area (Å²) in [4.78, 5) is 7.85. The quantitative estimate of drug-likeness (QED) is 0.242. The zero-order valence-electron chi connectivity index (χ0n) is 13.5. The molecule has 0 radical (unpaired) electrons. The van der Waals surface area contributed by atoms with Crippen LogP contribution >= 0.6 is 47.2 Å². The number of hydrogen-bond acceptors (Lipinski definition) is 4. The molecule has 6 nitrogen and oxygen atoms in total. The fourth-order valence-electron chi connectivity index (χ4n) is 1.78. The Balaban J connectivity index is 0.00000364. The first-order chi connectivity index (χ1) is 12.2. The van der Waals surface area contributed by atoms with E-state index in [4.69, 9.17) is 33.7 Å². The van der Waals surface area contributed by atoms with Gasteiger partial charge in [-0.15, -0.1) is 37.1 Å². The molecule has 2 rings (SSSR count). The lowest BCUT2D eigenvalue weighted by Gasteiger charge is -2.14. The maximum absolute atomic E-state index is 12.4. The van der Waals surface area contributed by atoms with Gasteiger partial charge in [-0.3, -0.25) is 0 Å². The highest BCUT2D eigenvalue weighted by atomic mass is 127. The van der Waals surface area contributed by atoms with Gasteiger partial charge < -0.3 is 20.5 Å². The number of alkyl halides is 3. The summed E-state index contributed by atoms with van der Waals surface area (Å²) in [5, 5.41) is 3.15. The highest BCUT2D eigenvalue weighted by Crippen LogP contribution is 2.29. The van der Waals surface area contributed by atoms with Crippen molar-refractivity contribution in [1.82, 2.24) is 4.98 Å². The molecule has 1 aromatic heterocycles. The van der Waals surface area contributed by atoms with Crippen LogP contribution in [-0.4, -0.2) is 30.5 Å². The number of halogens is 6. The van der Waals surface area contributed by atoms with Gasteiger partial charge in [0.05, 0.1) is 17.3 Å². The van der Waals surface area contributed by atoms with Crippen LogP contribution in [0.2, 0.25) is 10.0 Å². The lowest BCUT2D eigenvalue weighted by Crippen LogP contribution is -2.25. The number of ether oxygens (including phenoxy) is 2. The monoisotopic (exact) mass is 536 g/mol. The number of anilines is 1. The SMILES string of the molecule is I.NC(=NCCOc1ncc(Cl)cc1Cl)Nc1ccccc1OC(F)(F)F. The van der Waals surface area contributed by atoms with Crippen LogP contribution in [0.5, 0.6) is 11.6 Å². The molecule has 0 bridgehead atoms. The normalized spacial score (nSPS) is 11.5. The van der Waals surface area contributed by atoms with Crippen LogP contribution in [0.3, 0.4) is 0 Å². The van der Waals surface area contributed by atoms with Crippen LogP contribution < -0.4 is 20.5 Å². The maximum Gasteiger partial charge on any atom is 0.573 e. The summed E-state index contributed by atoms with van der Waals surface area (Å²) in [5.74, 6) is -0.352. The molecular weight excluding hydrogens is 523 g/mol. The summed E-state index contributed by atoms with van der Waals surface area (Å²) in [5.41, 5.74) is 5.68. The average Bonchev–Trinajstić information content (AvgIpc) is 2.54. The van der Waals surface area contributed by atoms with Gasteiger partial charge in [-0.25, -0.2) is 9.98 Å². The van der Waals surface area contributed by atoms with E-state index < -0.39 is 12.1 Å². The number of pyridine rings is 1. The minimum absolute atomic E-state index is 0. The fraction of sp³-hybridized carbons (Fsp3) is 0.200. The molecule has 12 heteroatoms. The minimum atomic E-state index is -4.82. The van der Waals surface area contributed by atoms with Crippen molar-refractivity contribution < 1.29 is 22.6 Å². The molecule has 0 aliphatic heterocycles. The maximum atomic E-state index is 12.4. The number of aromatic nitrogens is 1.